The topological polar surface area (TPSA) is 55.1 Å². The summed E-state index contributed by atoms with van der Waals surface area (Å²) in [5.41, 5.74) is 7.74. The highest BCUT2D eigenvalue weighted by molar-refractivity contribution is 5.74. The molecular weight excluding hydrogens is 248 g/mol. The van der Waals surface area contributed by atoms with Crippen molar-refractivity contribution in [3.63, 3.8) is 0 Å². The molecule has 3 nitrogen and oxygen atoms in total. The minimum Gasteiger partial charge on any atom is -0.370 e. The standard InChI is InChI=1S/C17H20N2O/c1-19-15(12-16(18)20)17(13-8-4-2-5-9-13)14-10-6-3-7-11-14/h2-11,15,17,19H,12H2,1H3,(H2,18,20). The maximum atomic E-state index is 11.3. The molecule has 3 N–H and O–H groups in total. The molecule has 0 aliphatic rings. The second-order valence-corrected chi connectivity index (χ2v) is 4.86. The van der Waals surface area contributed by atoms with Gasteiger partial charge in [0, 0.05) is 18.4 Å². The molecular formula is C17H20N2O. The number of hydrogen-bond acceptors (Lipinski definition) is 2. The van der Waals surface area contributed by atoms with Gasteiger partial charge in [0.25, 0.3) is 0 Å². The van der Waals surface area contributed by atoms with E-state index < -0.39 is 0 Å². The van der Waals surface area contributed by atoms with Gasteiger partial charge in [0.1, 0.15) is 0 Å². The van der Waals surface area contributed by atoms with E-state index in [1.807, 2.05) is 43.4 Å². The zero-order valence-electron chi connectivity index (χ0n) is 11.6. The fourth-order valence-corrected chi connectivity index (χ4v) is 2.58. The van der Waals surface area contributed by atoms with Crippen LogP contribution in [0.25, 0.3) is 0 Å². The van der Waals surface area contributed by atoms with Gasteiger partial charge in [-0.3, -0.25) is 4.79 Å². The Morgan fingerprint density at radius 1 is 1.00 bits per heavy atom. The Hall–Kier alpha value is -2.13. The van der Waals surface area contributed by atoms with Crippen LogP contribution in [-0.2, 0) is 4.79 Å². The fraction of sp³-hybridized carbons (Fsp3) is 0.235. The molecule has 0 radical (unpaired) electrons. The molecule has 0 aliphatic carbocycles. The van der Waals surface area contributed by atoms with Crippen LogP contribution in [0.1, 0.15) is 23.5 Å². The molecule has 1 atom stereocenters. The van der Waals surface area contributed by atoms with Crippen molar-refractivity contribution in [3.8, 4) is 0 Å². The van der Waals surface area contributed by atoms with Crippen LogP contribution in [0.4, 0.5) is 0 Å². The molecule has 104 valence electrons. The van der Waals surface area contributed by atoms with Gasteiger partial charge in [-0.05, 0) is 18.2 Å². The molecule has 2 aromatic rings. The second-order valence-electron chi connectivity index (χ2n) is 4.86. The van der Waals surface area contributed by atoms with E-state index in [2.05, 4.69) is 29.6 Å². The molecule has 2 rings (SSSR count). The van der Waals surface area contributed by atoms with Crippen LogP contribution in [0, 0.1) is 0 Å². The van der Waals surface area contributed by atoms with Gasteiger partial charge >= 0.3 is 0 Å². The molecule has 1 unspecified atom stereocenters. The normalized spacial score (nSPS) is 12.3. The van der Waals surface area contributed by atoms with Crippen molar-refractivity contribution in [2.45, 2.75) is 18.4 Å². The van der Waals surface area contributed by atoms with E-state index in [9.17, 15) is 4.79 Å². The van der Waals surface area contributed by atoms with Crippen LogP contribution in [0.5, 0.6) is 0 Å². The van der Waals surface area contributed by atoms with Crippen molar-refractivity contribution < 1.29 is 4.79 Å². The van der Waals surface area contributed by atoms with Gasteiger partial charge in [-0.2, -0.15) is 0 Å². The Morgan fingerprint density at radius 2 is 1.45 bits per heavy atom. The van der Waals surface area contributed by atoms with Crippen molar-refractivity contribution in [3.05, 3.63) is 71.8 Å². The molecule has 3 heteroatoms. The first-order valence-corrected chi connectivity index (χ1v) is 6.78. The smallest absolute Gasteiger partial charge is 0.219 e. The summed E-state index contributed by atoms with van der Waals surface area (Å²) in [6.07, 6.45) is 0.310. The quantitative estimate of drug-likeness (QED) is 0.844. The lowest BCUT2D eigenvalue weighted by atomic mass is 9.83. The van der Waals surface area contributed by atoms with E-state index in [4.69, 9.17) is 5.73 Å². The molecule has 0 saturated carbocycles. The van der Waals surface area contributed by atoms with Crippen molar-refractivity contribution >= 4 is 5.91 Å². The predicted octanol–water partition coefficient (Wildman–Crippen LogP) is 2.28. The summed E-state index contributed by atoms with van der Waals surface area (Å²) < 4.78 is 0. The Morgan fingerprint density at radius 3 is 1.80 bits per heavy atom. The third-order valence-electron chi connectivity index (χ3n) is 3.51. The summed E-state index contributed by atoms with van der Waals surface area (Å²) in [6, 6.07) is 20.4. The molecule has 0 spiro atoms. The van der Waals surface area contributed by atoms with Crippen molar-refractivity contribution in [2.75, 3.05) is 7.05 Å². The van der Waals surface area contributed by atoms with Crippen molar-refractivity contribution in [2.24, 2.45) is 5.73 Å². The summed E-state index contributed by atoms with van der Waals surface area (Å²) in [6.45, 7) is 0. The van der Waals surface area contributed by atoms with Crippen LogP contribution in [0.3, 0.4) is 0 Å². The minimum atomic E-state index is -0.291. The first-order chi connectivity index (χ1) is 9.72. The monoisotopic (exact) mass is 268 g/mol. The lowest BCUT2D eigenvalue weighted by molar-refractivity contribution is -0.118. The van der Waals surface area contributed by atoms with E-state index in [1.54, 1.807) is 0 Å². The highest BCUT2D eigenvalue weighted by atomic mass is 16.1. The summed E-state index contributed by atoms with van der Waals surface area (Å²) in [5.74, 6) is -0.184. The highest BCUT2D eigenvalue weighted by Crippen LogP contribution is 2.29. The number of primary amides is 1. The van der Waals surface area contributed by atoms with Crippen LogP contribution >= 0.6 is 0 Å². The van der Waals surface area contributed by atoms with E-state index in [1.165, 1.54) is 11.1 Å². The third kappa shape index (κ3) is 3.45. The predicted molar refractivity (Wildman–Crippen MR) is 81.4 cm³/mol. The number of likely N-dealkylation sites (N-methyl/N-ethyl adjacent to an activating group) is 1. The number of carbonyl (C=O) groups is 1. The lowest BCUT2D eigenvalue weighted by Gasteiger charge is -2.27. The highest BCUT2D eigenvalue weighted by Gasteiger charge is 2.24. The average Bonchev–Trinajstić information content (AvgIpc) is 2.48. The van der Waals surface area contributed by atoms with Crippen LogP contribution in [-0.4, -0.2) is 19.0 Å². The van der Waals surface area contributed by atoms with Crippen molar-refractivity contribution in [1.82, 2.24) is 5.32 Å². The summed E-state index contributed by atoms with van der Waals surface area (Å²) in [4.78, 5) is 11.3. The number of carbonyl (C=O) groups excluding carboxylic acids is 1. The number of nitrogens with two attached hydrogens (primary N) is 1. The van der Waals surface area contributed by atoms with Gasteiger partial charge in [-0.15, -0.1) is 0 Å². The Bertz CT molecular complexity index is 500. The Labute approximate surface area is 119 Å². The number of amides is 1. The number of hydrogen-bond donors (Lipinski definition) is 2. The Kier molecular flexibility index (Phi) is 4.91. The van der Waals surface area contributed by atoms with Gasteiger partial charge in [-0.1, -0.05) is 60.7 Å². The molecule has 0 saturated heterocycles. The van der Waals surface area contributed by atoms with Gasteiger partial charge in [-0.25, -0.2) is 0 Å². The SMILES string of the molecule is CNC(CC(N)=O)C(c1ccccc1)c1ccccc1. The molecule has 0 fully saturated rings. The first kappa shape index (κ1) is 14.3. The van der Waals surface area contributed by atoms with Crippen LogP contribution in [0.2, 0.25) is 0 Å². The summed E-state index contributed by atoms with van der Waals surface area (Å²) >= 11 is 0. The Balaban J connectivity index is 2.41. The number of rotatable bonds is 6. The van der Waals surface area contributed by atoms with Gasteiger partial charge in [0.05, 0.1) is 0 Å². The van der Waals surface area contributed by atoms with Gasteiger partial charge in [0.15, 0.2) is 0 Å². The first-order valence-electron chi connectivity index (χ1n) is 6.78. The maximum Gasteiger partial charge on any atom is 0.219 e. The minimum absolute atomic E-state index is 0.0164. The van der Waals surface area contributed by atoms with E-state index in [0.29, 0.717) is 6.42 Å². The van der Waals surface area contributed by atoms with Gasteiger partial charge in [0.2, 0.25) is 5.91 Å². The third-order valence-corrected chi connectivity index (χ3v) is 3.51. The molecule has 0 aliphatic heterocycles. The van der Waals surface area contributed by atoms with Crippen LogP contribution in [0.15, 0.2) is 60.7 Å². The number of nitrogens with one attached hydrogen (secondary N) is 1. The average molecular weight is 268 g/mol. The fourth-order valence-electron chi connectivity index (χ4n) is 2.58. The molecule has 2 aromatic carbocycles. The largest absolute Gasteiger partial charge is 0.370 e. The molecule has 0 bridgehead atoms. The number of benzene rings is 2. The zero-order chi connectivity index (χ0) is 14.4. The maximum absolute atomic E-state index is 11.3. The lowest BCUT2D eigenvalue weighted by Crippen LogP contribution is -2.36. The van der Waals surface area contributed by atoms with E-state index >= 15 is 0 Å². The molecule has 0 heterocycles. The van der Waals surface area contributed by atoms with Crippen molar-refractivity contribution in [1.29, 1.82) is 0 Å². The molecule has 0 aromatic heterocycles. The second kappa shape index (κ2) is 6.87. The van der Waals surface area contributed by atoms with E-state index in [0.717, 1.165) is 0 Å². The van der Waals surface area contributed by atoms with E-state index in [-0.39, 0.29) is 17.9 Å². The molecule has 1 amide bonds. The zero-order valence-corrected chi connectivity index (χ0v) is 11.6. The van der Waals surface area contributed by atoms with Crippen LogP contribution < -0.4 is 11.1 Å². The summed E-state index contributed by atoms with van der Waals surface area (Å²) in [5, 5.41) is 3.23. The van der Waals surface area contributed by atoms with Gasteiger partial charge < -0.3 is 11.1 Å². The molecule has 20 heavy (non-hydrogen) atoms. The summed E-state index contributed by atoms with van der Waals surface area (Å²) in [7, 11) is 1.87.